The summed E-state index contributed by atoms with van der Waals surface area (Å²) in [5, 5.41) is 6.83. The highest BCUT2D eigenvalue weighted by molar-refractivity contribution is 5.90. The number of hydrogen-bond donors (Lipinski definition) is 3. The Labute approximate surface area is 203 Å². The number of ether oxygens (including phenoxy) is 1. The number of carbonyl (C=O) groups excluding carboxylic acids is 3. The SMILES string of the molecule is C.CC(=O)NC[C@H]1CN(c2ccc(N3CCNN(C(=O)Nc4cccnc4)CC3)c(F)c2)C(=O)O1. The van der Waals surface area contributed by atoms with Crippen molar-refractivity contribution in [3.05, 3.63) is 48.5 Å². The van der Waals surface area contributed by atoms with E-state index in [0.29, 0.717) is 43.2 Å². The summed E-state index contributed by atoms with van der Waals surface area (Å²) in [6.45, 7) is 3.46. The number of nitrogens with one attached hydrogen (secondary N) is 3. The van der Waals surface area contributed by atoms with Crippen molar-refractivity contribution in [2.24, 2.45) is 0 Å². The number of hydrazine groups is 1. The molecule has 2 aliphatic rings. The number of urea groups is 1. The van der Waals surface area contributed by atoms with Crippen LogP contribution < -0.4 is 25.9 Å². The lowest BCUT2D eigenvalue weighted by molar-refractivity contribution is -0.119. The molecule has 3 N–H and O–H groups in total. The van der Waals surface area contributed by atoms with Crippen LogP contribution in [0.4, 0.5) is 31.0 Å². The van der Waals surface area contributed by atoms with Gasteiger partial charge in [-0.15, -0.1) is 0 Å². The summed E-state index contributed by atoms with van der Waals surface area (Å²) >= 11 is 0. The Morgan fingerprint density at radius 2 is 2.09 bits per heavy atom. The molecule has 0 radical (unpaired) electrons. The molecule has 0 saturated carbocycles. The zero-order valence-electron chi connectivity index (χ0n) is 18.7. The molecule has 0 aliphatic carbocycles. The standard InChI is InChI=1S/C22H26FN7O4.CH4/c1-15(31)25-13-18-14-29(22(33)34-18)17-4-5-20(19(23)11-17)28-8-7-26-30(10-9-28)21(32)27-16-3-2-6-24-12-16;/h2-6,11-12,18,26H,7-10,13-14H2,1H3,(H,25,31)(H,27,32);1H4/t18-;/m0./s1. The molecule has 1 aromatic heterocycles. The normalized spacial score (nSPS) is 17.8. The van der Waals surface area contributed by atoms with Crippen LogP contribution in [0.2, 0.25) is 0 Å². The Bertz CT molecular complexity index is 1060. The molecule has 2 aromatic rings. The van der Waals surface area contributed by atoms with Gasteiger partial charge < -0.3 is 20.3 Å². The fraction of sp³-hybridized carbons (Fsp3) is 0.391. The molecule has 1 atom stereocenters. The molecular weight excluding hydrogens is 457 g/mol. The highest BCUT2D eigenvalue weighted by Gasteiger charge is 2.33. The smallest absolute Gasteiger partial charge is 0.414 e. The van der Waals surface area contributed by atoms with Crippen LogP contribution >= 0.6 is 0 Å². The Morgan fingerprint density at radius 1 is 1.26 bits per heavy atom. The number of cyclic esters (lactones) is 1. The average molecular weight is 488 g/mol. The van der Waals surface area contributed by atoms with Gasteiger partial charge >= 0.3 is 12.1 Å². The van der Waals surface area contributed by atoms with E-state index in [2.05, 4.69) is 21.0 Å². The lowest BCUT2D eigenvalue weighted by Crippen LogP contribution is -2.46. The molecule has 188 valence electrons. The lowest BCUT2D eigenvalue weighted by Gasteiger charge is -2.24. The van der Waals surface area contributed by atoms with E-state index in [1.165, 1.54) is 22.9 Å². The quantitative estimate of drug-likeness (QED) is 0.591. The first-order valence-corrected chi connectivity index (χ1v) is 10.9. The van der Waals surface area contributed by atoms with Crippen LogP contribution in [-0.4, -0.2) is 73.4 Å². The van der Waals surface area contributed by atoms with E-state index in [-0.39, 0.29) is 32.5 Å². The number of amides is 4. The molecular formula is C23H30FN7O4. The number of hydrogen-bond acceptors (Lipinski definition) is 7. The Balaban J connectivity index is 0.00000342. The maximum atomic E-state index is 15.0. The summed E-state index contributed by atoms with van der Waals surface area (Å²) in [4.78, 5) is 43.0. The summed E-state index contributed by atoms with van der Waals surface area (Å²) in [5.41, 5.74) is 4.38. The molecule has 2 fully saturated rings. The molecule has 4 rings (SSSR count). The van der Waals surface area contributed by atoms with Crippen molar-refractivity contribution in [1.29, 1.82) is 0 Å². The minimum Gasteiger partial charge on any atom is -0.442 e. The van der Waals surface area contributed by atoms with E-state index in [1.807, 2.05) is 4.90 Å². The molecule has 4 amide bonds. The lowest BCUT2D eigenvalue weighted by atomic mass is 10.2. The number of pyridine rings is 1. The number of benzene rings is 1. The van der Waals surface area contributed by atoms with Crippen LogP contribution in [0.1, 0.15) is 14.4 Å². The topological polar surface area (TPSA) is 119 Å². The molecule has 11 nitrogen and oxygen atoms in total. The molecule has 0 bridgehead atoms. The van der Waals surface area contributed by atoms with Gasteiger partial charge in [-0.1, -0.05) is 7.43 Å². The third-order valence-electron chi connectivity index (χ3n) is 5.47. The number of carbonyl (C=O) groups is 3. The van der Waals surface area contributed by atoms with Crippen molar-refractivity contribution >= 4 is 35.1 Å². The van der Waals surface area contributed by atoms with Crippen molar-refractivity contribution in [2.75, 3.05) is 54.4 Å². The Hall–Kier alpha value is -3.93. The summed E-state index contributed by atoms with van der Waals surface area (Å²) in [5.74, 6) is -0.700. The minimum absolute atomic E-state index is 0. The second-order valence-corrected chi connectivity index (χ2v) is 7.91. The zero-order valence-corrected chi connectivity index (χ0v) is 18.7. The van der Waals surface area contributed by atoms with Crippen LogP contribution in [0.3, 0.4) is 0 Å². The second-order valence-electron chi connectivity index (χ2n) is 7.91. The van der Waals surface area contributed by atoms with Crippen molar-refractivity contribution in [2.45, 2.75) is 20.5 Å². The third kappa shape index (κ3) is 6.35. The van der Waals surface area contributed by atoms with E-state index >= 15 is 4.39 Å². The van der Waals surface area contributed by atoms with Gasteiger partial charge in [-0.25, -0.2) is 19.4 Å². The molecule has 0 unspecified atom stereocenters. The van der Waals surface area contributed by atoms with E-state index in [1.54, 1.807) is 36.7 Å². The van der Waals surface area contributed by atoms with Crippen LogP contribution in [-0.2, 0) is 9.53 Å². The second kappa shape index (κ2) is 11.5. The number of aromatic nitrogens is 1. The fourth-order valence-electron chi connectivity index (χ4n) is 3.79. The van der Waals surface area contributed by atoms with Gasteiger partial charge in [0.15, 0.2) is 0 Å². The van der Waals surface area contributed by atoms with E-state index in [4.69, 9.17) is 4.74 Å². The van der Waals surface area contributed by atoms with Crippen molar-refractivity contribution in [3.63, 3.8) is 0 Å². The van der Waals surface area contributed by atoms with Crippen LogP contribution in [0.15, 0.2) is 42.7 Å². The number of nitrogens with zero attached hydrogens (tertiary/aromatic N) is 4. The maximum Gasteiger partial charge on any atom is 0.414 e. The summed E-state index contributed by atoms with van der Waals surface area (Å²) in [7, 11) is 0. The maximum absolute atomic E-state index is 15.0. The van der Waals surface area contributed by atoms with Gasteiger partial charge in [0.1, 0.15) is 11.9 Å². The third-order valence-corrected chi connectivity index (χ3v) is 5.47. The summed E-state index contributed by atoms with van der Waals surface area (Å²) in [6, 6.07) is 7.71. The largest absolute Gasteiger partial charge is 0.442 e. The number of anilines is 3. The van der Waals surface area contributed by atoms with Crippen LogP contribution in [0, 0.1) is 5.82 Å². The summed E-state index contributed by atoms with van der Waals surface area (Å²) < 4.78 is 20.3. The van der Waals surface area contributed by atoms with Crippen molar-refractivity contribution < 1.29 is 23.5 Å². The molecule has 35 heavy (non-hydrogen) atoms. The van der Waals surface area contributed by atoms with Gasteiger partial charge in [0.25, 0.3) is 0 Å². The molecule has 12 heteroatoms. The van der Waals surface area contributed by atoms with E-state index in [9.17, 15) is 14.4 Å². The predicted molar refractivity (Wildman–Crippen MR) is 130 cm³/mol. The minimum atomic E-state index is -0.586. The number of rotatable bonds is 5. The van der Waals surface area contributed by atoms with Gasteiger partial charge in [-0.05, 0) is 30.3 Å². The predicted octanol–water partition coefficient (Wildman–Crippen LogP) is 2.18. The molecule has 2 saturated heterocycles. The van der Waals surface area contributed by atoms with Crippen LogP contribution in [0.5, 0.6) is 0 Å². The number of halogens is 1. The zero-order chi connectivity index (χ0) is 24.1. The van der Waals surface area contributed by atoms with Crippen molar-refractivity contribution in [3.8, 4) is 0 Å². The van der Waals surface area contributed by atoms with Gasteiger partial charge in [-0.3, -0.25) is 19.7 Å². The first-order chi connectivity index (χ1) is 16.4. The van der Waals surface area contributed by atoms with Gasteiger partial charge in [0.05, 0.1) is 42.9 Å². The average Bonchev–Trinajstić information content (AvgIpc) is 3.02. The van der Waals surface area contributed by atoms with Gasteiger partial charge in [0.2, 0.25) is 5.91 Å². The van der Waals surface area contributed by atoms with Gasteiger partial charge in [0, 0.05) is 32.8 Å². The van der Waals surface area contributed by atoms with Crippen LogP contribution in [0.25, 0.3) is 0 Å². The monoisotopic (exact) mass is 487 g/mol. The van der Waals surface area contributed by atoms with E-state index < -0.39 is 18.0 Å². The Morgan fingerprint density at radius 3 is 2.80 bits per heavy atom. The molecule has 1 aromatic carbocycles. The molecule has 3 heterocycles. The summed E-state index contributed by atoms with van der Waals surface area (Å²) in [6.07, 6.45) is 2.09. The first-order valence-electron chi connectivity index (χ1n) is 10.9. The molecule has 0 spiro atoms. The molecule has 2 aliphatic heterocycles. The first kappa shape index (κ1) is 25.7. The highest BCUT2D eigenvalue weighted by Crippen LogP contribution is 2.28. The Kier molecular flexibility index (Phi) is 8.42. The van der Waals surface area contributed by atoms with Crippen molar-refractivity contribution in [1.82, 2.24) is 20.7 Å². The van der Waals surface area contributed by atoms with E-state index in [0.717, 1.165) is 0 Å². The van der Waals surface area contributed by atoms with Gasteiger partial charge in [-0.2, -0.15) is 0 Å². The highest BCUT2D eigenvalue weighted by atomic mass is 19.1. The fourth-order valence-corrected chi connectivity index (χ4v) is 3.79.